The van der Waals surface area contributed by atoms with Crippen LogP contribution in [0.4, 0.5) is 10.5 Å². The zero-order chi connectivity index (χ0) is 27.8. The Bertz CT molecular complexity index is 1260. The number of benzene rings is 2. The number of nitrogens with one attached hydrogen (secondary N) is 2. The molecule has 9 nitrogen and oxygen atoms in total. The number of alkyl carbamates (subject to hydrolysis) is 1. The van der Waals surface area contributed by atoms with Gasteiger partial charge in [0, 0.05) is 25.3 Å². The van der Waals surface area contributed by atoms with Gasteiger partial charge in [-0.2, -0.15) is 0 Å². The minimum atomic E-state index is -0.907. The van der Waals surface area contributed by atoms with E-state index in [-0.39, 0.29) is 25.0 Å². The minimum Gasteiger partial charge on any atom is -0.467 e. The van der Waals surface area contributed by atoms with E-state index in [0.717, 1.165) is 11.3 Å². The van der Waals surface area contributed by atoms with E-state index in [2.05, 4.69) is 27.7 Å². The quantitative estimate of drug-likeness (QED) is 0.370. The third kappa shape index (κ3) is 6.30. The van der Waals surface area contributed by atoms with Gasteiger partial charge in [0.1, 0.15) is 23.9 Å². The lowest BCUT2D eigenvalue weighted by Gasteiger charge is -2.51. The first-order valence-corrected chi connectivity index (χ1v) is 13.9. The fourth-order valence-electron chi connectivity index (χ4n) is 5.57. The van der Waals surface area contributed by atoms with Crippen molar-refractivity contribution in [2.45, 2.75) is 56.8 Å². The molecule has 2 aliphatic heterocycles. The first-order chi connectivity index (χ1) is 19.5. The van der Waals surface area contributed by atoms with E-state index >= 15 is 0 Å². The van der Waals surface area contributed by atoms with Crippen molar-refractivity contribution in [1.82, 2.24) is 15.5 Å². The molecule has 5 rings (SSSR count). The Hall–Kier alpha value is -4.27. The highest BCUT2D eigenvalue weighted by atomic mass is 16.5. The van der Waals surface area contributed by atoms with Crippen LogP contribution in [-0.4, -0.2) is 54.0 Å². The van der Waals surface area contributed by atoms with Crippen molar-refractivity contribution in [2.24, 2.45) is 0 Å². The molecule has 0 radical (unpaired) electrons. The monoisotopic (exact) mass is 544 g/mol. The molecule has 1 spiro atoms. The average Bonchev–Trinajstić information content (AvgIpc) is 3.51. The fourth-order valence-corrected chi connectivity index (χ4v) is 5.57. The highest BCUT2D eigenvalue weighted by molar-refractivity contribution is 6.00. The van der Waals surface area contributed by atoms with Crippen LogP contribution in [0.3, 0.4) is 0 Å². The molecule has 1 unspecified atom stereocenters. The van der Waals surface area contributed by atoms with Gasteiger partial charge in [0.2, 0.25) is 11.8 Å². The average molecular weight is 545 g/mol. The second-order valence-corrected chi connectivity index (χ2v) is 10.4. The summed E-state index contributed by atoms with van der Waals surface area (Å²) in [4.78, 5) is 43.4. The van der Waals surface area contributed by atoms with Gasteiger partial charge in [-0.1, -0.05) is 48.5 Å². The standard InChI is InChI=1S/C31H36N4O5/c36-28-27(15-7-8-18-32-30(38)40-23-24-10-3-1-4-11-24)33-29(37)31(35(28)22-26-14-9-21-39-26)16-19-34(20-17-31)25-12-5-2-6-13-25/h1-6,9-14,21,27H,7-8,15-20,22-23H2,(H,32,38)(H,33,37). The van der Waals surface area contributed by atoms with Gasteiger partial charge in [-0.25, -0.2) is 4.79 Å². The number of nitrogens with zero attached hydrogens (tertiary/aromatic N) is 2. The number of unbranched alkanes of at least 4 members (excludes halogenated alkanes) is 1. The van der Waals surface area contributed by atoms with Crippen molar-refractivity contribution < 1.29 is 23.5 Å². The number of para-hydroxylation sites is 1. The summed E-state index contributed by atoms with van der Waals surface area (Å²) in [7, 11) is 0. The Labute approximate surface area is 234 Å². The number of hydrogen-bond acceptors (Lipinski definition) is 6. The molecular weight excluding hydrogens is 508 g/mol. The van der Waals surface area contributed by atoms with Crippen molar-refractivity contribution in [3.8, 4) is 0 Å². The van der Waals surface area contributed by atoms with Crippen LogP contribution in [0.1, 0.15) is 43.4 Å². The topological polar surface area (TPSA) is 104 Å². The lowest BCUT2D eigenvalue weighted by molar-refractivity contribution is -0.160. The zero-order valence-corrected chi connectivity index (χ0v) is 22.6. The van der Waals surface area contributed by atoms with Crippen LogP contribution in [0.2, 0.25) is 0 Å². The largest absolute Gasteiger partial charge is 0.467 e. The molecule has 3 aromatic rings. The number of rotatable bonds is 10. The number of hydrogen-bond donors (Lipinski definition) is 2. The molecule has 1 atom stereocenters. The number of anilines is 1. The van der Waals surface area contributed by atoms with Crippen molar-refractivity contribution in [1.29, 1.82) is 0 Å². The lowest BCUT2D eigenvalue weighted by atomic mass is 9.81. The number of carbonyl (C=O) groups excluding carboxylic acids is 3. The molecule has 1 aromatic heterocycles. The molecule has 0 saturated carbocycles. The third-order valence-corrected chi connectivity index (χ3v) is 7.82. The Morgan fingerprint density at radius 1 is 0.975 bits per heavy atom. The lowest BCUT2D eigenvalue weighted by Crippen LogP contribution is -2.72. The van der Waals surface area contributed by atoms with E-state index in [4.69, 9.17) is 9.15 Å². The minimum absolute atomic E-state index is 0.0839. The first-order valence-electron chi connectivity index (χ1n) is 13.9. The fraction of sp³-hybridized carbons (Fsp3) is 0.387. The summed E-state index contributed by atoms with van der Waals surface area (Å²) >= 11 is 0. The molecule has 3 heterocycles. The number of piperazine rings is 1. The number of amides is 3. The van der Waals surface area contributed by atoms with Gasteiger partial charge < -0.3 is 29.6 Å². The maximum atomic E-state index is 13.8. The van der Waals surface area contributed by atoms with Crippen molar-refractivity contribution in [3.05, 3.63) is 90.4 Å². The summed E-state index contributed by atoms with van der Waals surface area (Å²) in [5.41, 5.74) is 1.13. The molecule has 2 N–H and O–H groups in total. The molecule has 2 saturated heterocycles. The maximum Gasteiger partial charge on any atom is 0.407 e. The summed E-state index contributed by atoms with van der Waals surface area (Å²) in [5.74, 6) is 0.475. The van der Waals surface area contributed by atoms with Gasteiger partial charge >= 0.3 is 6.09 Å². The number of ether oxygens (including phenoxy) is 1. The van der Waals surface area contributed by atoms with Crippen LogP contribution in [0.5, 0.6) is 0 Å². The van der Waals surface area contributed by atoms with E-state index in [1.54, 1.807) is 17.2 Å². The van der Waals surface area contributed by atoms with Crippen LogP contribution in [0.25, 0.3) is 0 Å². The van der Waals surface area contributed by atoms with Gasteiger partial charge in [0.05, 0.1) is 12.8 Å². The molecule has 9 heteroatoms. The third-order valence-electron chi connectivity index (χ3n) is 7.82. The Morgan fingerprint density at radius 2 is 1.70 bits per heavy atom. The highest BCUT2D eigenvalue weighted by Crippen LogP contribution is 2.36. The molecule has 2 aliphatic rings. The molecule has 0 aliphatic carbocycles. The summed E-state index contributed by atoms with van der Waals surface area (Å²) in [6, 6.07) is 22.7. The second-order valence-electron chi connectivity index (χ2n) is 10.4. The normalized spacial score (nSPS) is 18.4. The Kier molecular flexibility index (Phi) is 8.68. The summed E-state index contributed by atoms with van der Waals surface area (Å²) < 4.78 is 10.8. The molecular formula is C31H36N4O5. The molecule has 2 aromatic carbocycles. The van der Waals surface area contributed by atoms with Crippen LogP contribution >= 0.6 is 0 Å². The van der Waals surface area contributed by atoms with Gasteiger partial charge in [0.25, 0.3) is 0 Å². The smallest absolute Gasteiger partial charge is 0.407 e. The van der Waals surface area contributed by atoms with Gasteiger partial charge in [-0.15, -0.1) is 0 Å². The summed E-state index contributed by atoms with van der Waals surface area (Å²) in [5, 5.41) is 5.79. The van der Waals surface area contributed by atoms with Crippen LogP contribution < -0.4 is 15.5 Å². The van der Waals surface area contributed by atoms with Gasteiger partial charge in [-0.3, -0.25) is 9.59 Å². The van der Waals surface area contributed by atoms with Gasteiger partial charge in [0.15, 0.2) is 0 Å². The number of piperidine rings is 1. The SMILES string of the molecule is O=C(NCCCCC1NC(=O)C2(CCN(c3ccccc3)CC2)N(Cc2ccco2)C1=O)OCc1ccccc1. The Balaban J connectivity index is 1.15. The van der Waals surface area contributed by atoms with Crippen molar-refractivity contribution >= 4 is 23.6 Å². The molecule has 40 heavy (non-hydrogen) atoms. The van der Waals surface area contributed by atoms with E-state index in [9.17, 15) is 14.4 Å². The van der Waals surface area contributed by atoms with Crippen LogP contribution in [0, 0.1) is 0 Å². The van der Waals surface area contributed by atoms with Crippen LogP contribution in [0.15, 0.2) is 83.5 Å². The maximum absolute atomic E-state index is 13.8. The summed E-state index contributed by atoms with van der Waals surface area (Å²) in [6.45, 7) is 2.26. The molecule has 2 fully saturated rings. The van der Waals surface area contributed by atoms with Crippen molar-refractivity contribution in [3.63, 3.8) is 0 Å². The molecule has 210 valence electrons. The first kappa shape index (κ1) is 27.3. The second kappa shape index (κ2) is 12.7. The predicted molar refractivity (Wildman–Crippen MR) is 150 cm³/mol. The van der Waals surface area contributed by atoms with Gasteiger partial charge in [-0.05, 0) is 61.9 Å². The molecule has 0 bridgehead atoms. The van der Waals surface area contributed by atoms with E-state index < -0.39 is 17.7 Å². The van der Waals surface area contributed by atoms with E-state index in [1.165, 1.54) is 0 Å². The highest BCUT2D eigenvalue weighted by Gasteiger charge is 2.53. The van der Waals surface area contributed by atoms with E-state index in [1.807, 2.05) is 54.6 Å². The number of furan rings is 1. The van der Waals surface area contributed by atoms with Crippen LogP contribution in [-0.2, 0) is 27.5 Å². The zero-order valence-electron chi connectivity index (χ0n) is 22.6. The summed E-state index contributed by atoms with van der Waals surface area (Å²) in [6.07, 6.45) is 4.02. The van der Waals surface area contributed by atoms with E-state index in [0.29, 0.717) is 57.5 Å². The Morgan fingerprint density at radius 3 is 2.40 bits per heavy atom. The predicted octanol–water partition coefficient (Wildman–Crippen LogP) is 4.24. The molecule has 3 amide bonds. The number of carbonyl (C=O) groups is 3. The van der Waals surface area contributed by atoms with Crippen molar-refractivity contribution in [2.75, 3.05) is 24.5 Å².